The summed E-state index contributed by atoms with van der Waals surface area (Å²) in [5.41, 5.74) is 17.0. The molecule has 6 rings (SSSR count). The average Bonchev–Trinajstić information content (AvgIpc) is 3.43. The summed E-state index contributed by atoms with van der Waals surface area (Å²) in [6.45, 7) is 0. The van der Waals surface area contributed by atoms with Crippen LogP contribution in [-0.4, -0.2) is 0 Å². The van der Waals surface area contributed by atoms with Crippen molar-refractivity contribution in [1.29, 1.82) is 10.5 Å². The summed E-state index contributed by atoms with van der Waals surface area (Å²) in [7, 11) is 0. The van der Waals surface area contributed by atoms with Crippen molar-refractivity contribution >= 4 is 54.2 Å². The molecule has 0 bridgehead atoms. The van der Waals surface area contributed by atoms with Gasteiger partial charge in [-0.3, -0.25) is 0 Å². The summed E-state index contributed by atoms with van der Waals surface area (Å²) in [5, 5.41) is 25.4. The molecule has 0 amide bonds. The molecule has 0 saturated heterocycles. The molecule has 4 N–H and O–H groups in total. The molecule has 36 heavy (non-hydrogen) atoms. The molecule has 0 aliphatic heterocycles. The van der Waals surface area contributed by atoms with Crippen LogP contribution in [0.15, 0.2) is 84.9 Å². The molecule has 0 aliphatic rings. The smallest absolute Gasteiger partial charge is 0.105 e. The molecule has 0 atom stereocenters. The van der Waals surface area contributed by atoms with Gasteiger partial charge in [0.05, 0.1) is 20.9 Å². The second-order valence-electron chi connectivity index (χ2n) is 8.44. The Balaban J connectivity index is 1.65. The normalized spacial score (nSPS) is 10.9. The fourth-order valence-corrected chi connectivity index (χ4v) is 6.90. The van der Waals surface area contributed by atoms with E-state index in [9.17, 15) is 10.5 Å². The lowest BCUT2D eigenvalue weighted by Gasteiger charge is -2.09. The first kappa shape index (κ1) is 21.9. The minimum atomic E-state index is 0.445. The molecule has 0 fully saturated rings. The number of hydrogen-bond acceptors (Lipinski definition) is 6. The summed E-state index contributed by atoms with van der Waals surface area (Å²) in [6, 6.07) is 33.2. The van der Waals surface area contributed by atoms with Crippen molar-refractivity contribution in [2.24, 2.45) is 0 Å². The van der Waals surface area contributed by atoms with Crippen LogP contribution in [-0.2, 0) is 0 Å². The van der Waals surface area contributed by atoms with E-state index in [0.29, 0.717) is 21.1 Å². The first-order valence-corrected chi connectivity index (χ1v) is 12.9. The highest BCUT2D eigenvalue weighted by atomic mass is 32.1. The van der Waals surface area contributed by atoms with Crippen LogP contribution >= 0.6 is 22.7 Å². The van der Waals surface area contributed by atoms with Crippen LogP contribution in [0.25, 0.3) is 53.6 Å². The molecule has 0 unspecified atom stereocenters. The van der Waals surface area contributed by atoms with E-state index in [0.717, 1.165) is 53.6 Å². The second kappa shape index (κ2) is 8.55. The molecule has 170 valence electrons. The van der Waals surface area contributed by atoms with Crippen molar-refractivity contribution in [1.82, 2.24) is 0 Å². The van der Waals surface area contributed by atoms with Crippen LogP contribution in [0.5, 0.6) is 0 Å². The lowest BCUT2D eigenvalue weighted by Crippen LogP contribution is -1.88. The van der Waals surface area contributed by atoms with Crippen LogP contribution < -0.4 is 11.5 Å². The number of nitrogen functional groups attached to an aromatic ring is 2. The van der Waals surface area contributed by atoms with Gasteiger partial charge in [0.2, 0.25) is 0 Å². The summed E-state index contributed by atoms with van der Waals surface area (Å²) in [5.74, 6) is 0. The Hall–Kier alpha value is -4.62. The van der Waals surface area contributed by atoms with E-state index in [4.69, 9.17) is 11.5 Å². The predicted octanol–water partition coefficient (Wildman–Crippen LogP) is 8.02. The number of nitrogens with two attached hydrogens (primary N) is 2. The highest BCUT2D eigenvalue weighted by Gasteiger charge is 2.26. The van der Waals surface area contributed by atoms with Gasteiger partial charge in [-0.1, -0.05) is 72.8 Å². The number of nitrogens with zero attached hydrogens (tertiary/aromatic N) is 2. The molecule has 6 aromatic rings. The van der Waals surface area contributed by atoms with Crippen LogP contribution in [0.1, 0.15) is 11.1 Å². The average molecular weight is 499 g/mol. The largest absolute Gasteiger partial charge is 0.389 e. The summed E-state index contributed by atoms with van der Waals surface area (Å²) in [4.78, 5) is 1.70. The maximum absolute atomic E-state index is 10.0. The van der Waals surface area contributed by atoms with E-state index in [1.165, 1.54) is 22.7 Å². The zero-order chi connectivity index (χ0) is 24.8. The monoisotopic (exact) mass is 498 g/mol. The van der Waals surface area contributed by atoms with Gasteiger partial charge in [-0.25, -0.2) is 0 Å². The minimum absolute atomic E-state index is 0.445. The quantitative estimate of drug-likeness (QED) is 0.258. The Bertz CT molecular complexity index is 1760. The number of fused-ring (bicyclic) bond motifs is 2. The SMILES string of the molecule is N#Cc1c(N)sc(-c2sc(N)c(C#N)c2-c2ccc3ccccc3c2)c1-c1ccc2ccccc2c1. The van der Waals surface area contributed by atoms with E-state index >= 15 is 0 Å². The van der Waals surface area contributed by atoms with Gasteiger partial charge >= 0.3 is 0 Å². The van der Waals surface area contributed by atoms with Crippen molar-refractivity contribution in [2.45, 2.75) is 0 Å². The summed E-state index contributed by atoms with van der Waals surface area (Å²) >= 11 is 2.73. The van der Waals surface area contributed by atoms with Crippen LogP contribution in [0.2, 0.25) is 0 Å². The third-order valence-electron chi connectivity index (χ3n) is 6.38. The van der Waals surface area contributed by atoms with Gasteiger partial charge in [-0.2, -0.15) is 10.5 Å². The number of thiophene rings is 2. The fourth-order valence-electron chi connectivity index (χ4n) is 4.68. The number of anilines is 2. The summed E-state index contributed by atoms with van der Waals surface area (Å²) in [6.07, 6.45) is 0. The molecular weight excluding hydrogens is 480 g/mol. The molecule has 0 radical (unpaired) electrons. The van der Waals surface area contributed by atoms with Gasteiger partial charge in [0, 0.05) is 11.1 Å². The maximum atomic E-state index is 10.0. The zero-order valence-corrected chi connectivity index (χ0v) is 20.6. The topological polar surface area (TPSA) is 99.6 Å². The second-order valence-corrected chi connectivity index (χ2v) is 10.5. The van der Waals surface area contributed by atoms with E-state index in [2.05, 4.69) is 60.7 Å². The van der Waals surface area contributed by atoms with Gasteiger partial charge in [0.15, 0.2) is 0 Å². The third-order valence-corrected chi connectivity index (χ3v) is 8.58. The number of benzene rings is 4. The Labute approximate surface area is 215 Å². The molecule has 2 aromatic heterocycles. The number of nitriles is 2. The molecule has 0 spiro atoms. The molecular formula is C30H18N4S2. The van der Waals surface area contributed by atoms with Crippen molar-refractivity contribution in [3.8, 4) is 44.1 Å². The lowest BCUT2D eigenvalue weighted by atomic mass is 9.94. The van der Waals surface area contributed by atoms with Crippen molar-refractivity contribution in [3.63, 3.8) is 0 Å². The maximum Gasteiger partial charge on any atom is 0.105 e. The third kappa shape index (κ3) is 3.40. The van der Waals surface area contributed by atoms with E-state index in [-0.39, 0.29) is 0 Å². The van der Waals surface area contributed by atoms with E-state index in [1.807, 2.05) is 36.4 Å². The molecule has 4 aromatic carbocycles. The van der Waals surface area contributed by atoms with Crippen LogP contribution in [0, 0.1) is 22.7 Å². The lowest BCUT2D eigenvalue weighted by molar-refractivity contribution is 1.50. The Morgan fingerprint density at radius 1 is 0.528 bits per heavy atom. The van der Waals surface area contributed by atoms with E-state index in [1.54, 1.807) is 0 Å². The van der Waals surface area contributed by atoms with Gasteiger partial charge in [0.25, 0.3) is 0 Å². The number of rotatable bonds is 3. The van der Waals surface area contributed by atoms with Crippen molar-refractivity contribution < 1.29 is 0 Å². The predicted molar refractivity (Wildman–Crippen MR) is 152 cm³/mol. The number of hydrogen-bond donors (Lipinski definition) is 2. The summed E-state index contributed by atoms with van der Waals surface area (Å²) < 4.78 is 0. The Morgan fingerprint density at radius 3 is 1.31 bits per heavy atom. The molecule has 4 nitrogen and oxygen atoms in total. The van der Waals surface area contributed by atoms with Crippen LogP contribution in [0.3, 0.4) is 0 Å². The van der Waals surface area contributed by atoms with Gasteiger partial charge in [-0.05, 0) is 44.8 Å². The van der Waals surface area contributed by atoms with Gasteiger partial charge < -0.3 is 11.5 Å². The molecule has 2 heterocycles. The Kier molecular flexibility index (Phi) is 5.20. The zero-order valence-electron chi connectivity index (χ0n) is 18.9. The van der Waals surface area contributed by atoms with Gasteiger partial charge in [0.1, 0.15) is 22.1 Å². The highest BCUT2D eigenvalue weighted by Crippen LogP contribution is 2.52. The van der Waals surface area contributed by atoms with Gasteiger partial charge in [-0.15, -0.1) is 22.7 Å². The first-order chi connectivity index (χ1) is 17.6. The molecule has 6 heteroatoms. The first-order valence-electron chi connectivity index (χ1n) is 11.2. The van der Waals surface area contributed by atoms with E-state index < -0.39 is 0 Å². The van der Waals surface area contributed by atoms with Crippen LogP contribution in [0.4, 0.5) is 10.0 Å². The molecule has 0 saturated carbocycles. The molecule has 0 aliphatic carbocycles. The fraction of sp³-hybridized carbons (Fsp3) is 0. The van der Waals surface area contributed by atoms with Crippen molar-refractivity contribution in [3.05, 3.63) is 96.1 Å². The minimum Gasteiger partial charge on any atom is -0.389 e. The Morgan fingerprint density at radius 2 is 0.917 bits per heavy atom. The highest BCUT2D eigenvalue weighted by molar-refractivity contribution is 7.26. The van der Waals surface area contributed by atoms with Crippen molar-refractivity contribution in [2.75, 3.05) is 11.5 Å². The standard InChI is InChI=1S/C30H18N4S2/c31-15-23-25(21-11-9-17-5-1-3-7-19(17)13-21)27(35-29(23)33)28-26(24(16-32)30(34)36-28)22-12-10-18-6-2-4-8-20(18)14-22/h1-14H,33-34H2.